The minimum Gasteiger partial charge on any atom is -0.491 e. The van der Waals surface area contributed by atoms with Crippen molar-refractivity contribution in [1.29, 1.82) is 5.41 Å². The summed E-state index contributed by atoms with van der Waals surface area (Å²) in [6.07, 6.45) is 1.02. The third kappa shape index (κ3) is 3.56. The topological polar surface area (TPSA) is 42.9 Å². The van der Waals surface area contributed by atoms with Gasteiger partial charge in [-0.05, 0) is 37.1 Å². The van der Waals surface area contributed by atoms with Crippen LogP contribution in [0.1, 0.15) is 18.9 Å². The van der Waals surface area contributed by atoms with Crippen molar-refractivity contribution in [2.45, 2.75) is 33.4 Å². The normalized spacial score (nSPS) is 10.6. The van der Waals surface area contributed by atoms with Crippen LogP contribution in [0, 0.1) is 12.3 Å². The highest BCUT2D eigenvalue weighted by Gasteiger charge is 2.09. The summed E-state index contributed by atoms with van der Waals surface area (Å²) in [5, 5.41) is 8.47. The van der Waals surface area contributed by atoms with Gasteiger partial charge in [0.15, 0.2) is 0 Å². The number of ether oxygens (including phenoxy) is 1. The van der Waals surface area contributed by atoms with Crippen molar-refractivity contribution in [1.82, 2.24) is 9.13 Å². The summed E-state index contributed by atoms with van der Waals surface area (Å²) in [7, 11) is 0. The summed E-state index contributed by atoms with van der Waals surface area (Å²) in [5.74, 6) is 0.914. The number of aryl methyl sites for hydroxylation is 2. The van der Waals surface area contributed by atoms with E-state index in [0.29, 0.717) is 18.8 Å². The lowest BCUT2D eigenvalue weighted by Gasteiger charge is -2.10. The number of halogens is 1. The molecule has 0 radical (unpaired) electrons. The van der Waals surface area contributed by atoms with Crippen LogP contribution in [0.2, 0.25) is 0 Å². The number of hydrogen-bond donors (Lipinski definition) is 1. The Morgan fingerprint density at radius 2 is 1.50 bits per heavy atom. The lowest BCUT2D eigenvalue weighted by Crippen LogP contribution is -2.26. The van der Waals surface area contributed by atoms with Gasteiger partial charge in [-0.1, -0.05) is 37.3 Å². The second kappa shape index (κ2) is 8.20. The number of aromatic nitrogens is 2. The lowest BCUT2D eigenvalue weighted by atomic mass is 10.2. The van der Waals surface area contributed by atoms with Crippen LogP contribution in [-0.2, 0) is 13.1 Å². The fourth-order valence-electron chi connectivity index (χ4n) is 2.94. The maximum atomic E-state index is 8.47. The maximum Gasteiger partial charge on any atom is 0.203 e. The molecule has 0 aliphatic heterocycles. The zero-order chi connectivity index (χ0) is 16.2. The van der Waals surface area contributed by atoms with Crippen LogP contribution >= 0.6 is 17.0 Å². The number of nitrogens with one attached hydrogen (secondary N) is 1. The fraction of sp³-hybridized carbons (Fsp3) is 0.316. The van der Waals surface area contributed by atoms with Crippen LogP contribution in [-0.4, -0.2) is 15.7 Å². The highest BCUT2D eigenvalue weighted by Crippen LogP contribution is 2.17. The molecule has 3 aromatic rings. The summed E-state index contributed by atoms with van der Waals surface area (Å²) in [5.41, 5.74) is 3.90. The molecule has 0 saturated heterocycles. The van der Waals surface area contributed by atoms with Gasteiger partial charge in [0.05, 0.1) is 17.6 Å². The molecule has 4 nitrogen and oxygen atoms in total. The van der Waals surface area contributed by atoms with E-state index in [1.165, 1.54) is 0 Å². The van der Waals surface area contributed by atoms with Crippen molar-refractivity contribution in [3.8, 4) is 5.75 Å². The van der Waals surface area contributed by atoms with Gasteiger partial charge in [0, 0.05) is 6.54 Å². The van der Waals surface area contributed by atoms with E-state index in [0.717, 1.165) is 35.3 Å². The van der Waals surface area contributed by atoms with E-state index in [1.54, 1.807) is 0 Å². The van der Waals surface area contributed by atoms with E-state index < -0.39 is 0 Å². The Kier molecular flexibility index (Phi) is 6.26. The predicted molar refractivity (Wildman–Crippen MR) is 103 cm³/mol. The molecule has 128 valence electrons. The Bertz CT molecular complexity index is 866. The maximum absolute atomic E-state index is 8.47. The number of hydrogen-bond acceptors (Lipinski definition) is 2. The Labute approximate surface area is 153 Å². The monoisotopic (exact) mass is 389 g/mol. The summed E-state index contributed by atoms with van der Waals surface area (Å²) in [4.78, 5) is 0. The first-order valence-corrected chi connectivity index (χ1v) is 8.13. The summed E-state index contributed by atoms with van der Waals surface area (Å²) in [6.45, 7) is 6.28. The molecular weight excluding hydrogens is 366 g/mol. The van der Waals surface area contributed by atoms with E-state index >= 15 is 0 Å². The highest BCUT2D eigenvalue weighted by atomic mass is 79.9. The molecule has 0 bridgehead atoms. The van der Waals surface area contributed by atoms with Crippen LogP contribution in [0.3, 0.4) is 0 Å². The standard InChI is InChI=1S/C19H23N3O.BrH/c1-3-12-21-16-9-5-6-10-17(16)22(19(21)20)13-14-23-18-11-7-4-8-15(18)2;/h4-11,20H,3,12-14H2,1-2H3;1H. The van der Waals surface area contributed by atoms with E-state index in [4.69, 9.17) is 10.1 Å². The SMILES string of the molecule is Br.CCCn1c(=N)n(CCOc2ccccc2C)c2ccccc21. The molecule has 1 N–H and O–H groups in total. The molecule has 0 amide bonds. The molecule has 1 heterocycles. The number of fused-ring (bicyclic) bond motifs is 1. The van der Waals surface area contributed by atoms with Gasteiger partial charge in [-0.2, -0.15) is 0 Å². The molecule has 0 aliphatic carbocycles. The molecule has 3 rings (SSSR count). The molecule has 0 saturated carbocycles. The van der Waals surface area contributed by atoms with Gasteiger partial charge in [-0.25, -0.2) is 0 Å². The first-order chi connectivity index (χ1) is 11.2. The average Bonchev–Trinajstić information content (AvgIpc) is 2.83. The average molecular weight is 390 g/mol. The van der Waals surface area contributed by atoms with Crippen molar-refractivity contribution in [3.05, 3.63) is 59.7 Å². The quantitative estimate of drug-likeness (QED) is 0.670. The van der Waals surface area contributed by atoms with Gasteiger partial charge in [-0.3, -0.25) is 5.41 Å². The number of rotatable bonds is 6. The summed E-state index contributed by atoms with van der Waals surface area (Å²) >= 11 is 0. The van der Waals surface area contributed by atoms with Crippen LogP contribution in [0.15, 0.2) is 48.5 Å². The zero-order valence-corrected chi connectivity index (χ0v) is 15.9. The van der Waals surface area contributed by atoms with Gasteiger partial charge in [0.2, 0.25) is 5.62 Å². The molecule has 0 aliphatic rings. The Morgan fingerprint density at radius 1 is 0.917 bits per heavy atom. The largest absolute Gasteiger partial charge is 0.491 e. The van der Waals surface area contributed by atoms with E-state index in [-0.39, 0.29) is 17.0 Å². The van der Waals surface area contributed by atoms with Gasteiger partial charge in [-0.15, -0.1) is 17.0 Å². The van der Waals surface area contributed by atoms with Crippen LogP contribution < -0.4 is 10.4 Å². The van der Waals surface area contributed by atoms with Crippen molar-refractivity contribution >= 4 is 28.0 Å². The molecular formula is C19H24BrN3O. The number of para-hydroxylation sites is 3. The van der Waals surface area contributed by atoms with E-state index in [2.05, 4.69) is 23.6 Å². The molecule has 1 aromatic heterocycles. The minimum absolute atomic E-state index is 0. The Morgan fingerprint density at radius 3 is 2.12 bits per heavy atom. The summed E-state index contributed by atoms with van der Waals surface area (Å²) < 4.78 is 10.0. The van der Waals surface area contributed by atoms with Crippen molar-refractivity contribution in [3.63, 3.8) is 0 Å². The first kappa shape index (κ1) is 18.3. The Hall–Kier alpha value is -2.01. The molecule has 0 fully saturated rings. The van der Waals surface area contributed by atoms with Gasteiger partial charge < -0.3 is 13.9 Å². The lowest BCUT2D eigenvalue weighted by molar-refractivity contribution is 0.294. The number of nitrogens with zero attached hydrogens (tertiary/aromatic N) is 2. The molecule has 5 heteroatoms. The van der Waals surface area contributed by atoms with Gasteiger partial charge in [0.1, 0.15) is 12.4 Å². The van der Waals surface area contributed by atoms with Crippen molar-refractivity contribution in [2.24, 2.45) is 0 Å². The molecule has 0 unspecified atom stereocenters. The second-order valence-electron chi connectivity index (χ2n) is 5.73. The first-order valence-electron chi connectivity index (χ1n) is 8.13. The number of imidazole rings is 1. The van der Waals surface area contributed by atoms with Crippen LogP contribution in [0.25, 0.3) is 11.0 Å². The zero-order valence-electron chi connectivity index (χ0n) is 14.2. The third-order valence-electron chi connectivity index (χ3n) is 4.09. The summed E-state index contributed by atoms with van der Waals surface area (Å²) in [6, 6.07) is 16.2. The molecule has 2 aromatic carbocycles. The van der Waals surface area contributed by atoms with Gasteiger partial charge >= 0.3 is 0 Å². The number of benzene rings is 2. The minimum atomic E-state index is 0. The predicted octanol–water partition coefficient (Wildman–Crippen LogP) is 4.30. The molecule has 0 spiro atoms. The van der Waals surface area contributed by atoms with Crippen molar-refractivity contribution in [2.75, 3.05) is 6.61 Å². The third-order valence-corrected chi connectivity index (χ3v) is 4.09. The van der Waals surface area contributed by atoms with Gasteiger partial charge in [0.25, 0.3) is 0 Å². The fourth-order valence-corrected chi connectivity index (χ4v) is 2.94. The Balaban J connectivity index is 0.00000208. The highest BCUT2D eigenvalue weighted by molar-refractivity contribution is 8.93. The smallest absolute Gasteiger partial charge is 0.203 e. The molecule has 0 atom stereocenters. The van der Waals surface area contributed by atoms with Crippen molar-refractivity contribution < 1.29 is 4.74 Å². The second-order valence-corrected chi connectivity index (χ2v) is 5.73. The van der Waals surface area contributed by atoms with E-state index in [9.17, 15) is 0 Å². The van der Waals surface area contributed by atoms with Crippen LogP contribution in [0.5, 0.6) is 5.75 Å². The molecule has 24 heavy (non-hydrogen) atoms. The van der Waals surface area contributed by atoms with E-state index in [1.807, 2.05) is 47.9 Å². The van der Waals surface area contributed by atoms with Crippen LogP contribution in [0.4, 0.5) is 0 Å².